The summed E-state index contributed by atoms with van der Waals surface area (Å²) in [5, 5.41) is 0.0729. The predicted octanol–water partition coefficient (Wildman–Crippen LogP) is 1.51. The van der Waals surface area contributed by atoms with E-state index in [1.807, 2.05) is 12.2 Å². The Kier molecular flexibility index (Phi) is 2.69. The second-order valence-electron chi connectivity index (χ2n) is 1.67. The minimum Gasteiger partial charge on any atom is -0.604 e. The van der Waals surface area contributed by atoms with Gasteiger partial charge in [-0.2, -0.15) is 0 Å². The molecule has 0 N–H and O–H groups in total. The van der Waals surface area contributed by atoms with E-state index >= 15 is 0 Å². The monoisotopic (exact) mass is 160 g/mol. The maximum absolute atomic E-state index is 11.0. The standard InChI is InChI=1S/C6H8OS2/c1-2-6-4-3-5-8-9(6)7/h2-4,6H,1,5H2. The zero-order valence-electron chi connectivity index (χ0n) is 4.95. The van der Waals surface area contributed by atoms with E-state index in [9.17, 15) is 4.55 Å². The molecule has 0 spiro atoms. The Morgan fingerprint density at radius 3 is 3.11 bits per heavy atom. The Bertz CT molecular complexity index is 133. The van der Waals surface area contributed by atoms with Gasteiger partial charge in [0.1, 0.15) is 0 Å². The SMILES string of the molecule is C=CC1C=CCS[S+]1[O-]. The van der Waals surface area contributed by atoms with Crippen molar-refractivity contribution in [1.29, 1.82) is 0 Å². The molecule has 1 heterocycles. The van der Waals surface area contributed by atoms with Gasteiger partial charge in [0.05, 0.1) is 16.5 Å². The van der Waals surface area contributed by atoms with Crippen LogP contribution in [0.15, 0.2) is 24.8 Å². The lowest BCUT2D eigenvalue weighted by atomic mass is 10.4. The summed E-state index contributed by atoms with van der Waals surface area (Å²) in [4.78, 5) is 0. The molecular weight excluding hydrogens is 152 g/mol. The van der Waals surface area contributed by atoms with Crippen molar-refractivity contribution in [3.63, 3.8) is 0 Å². The van der Waals surface area contributed by atoms with Crippen LogP contribution >= 0.6 is 10.8 Å². The molecular formula is C6H8OS2. The summed E-state index contributed by atoms with van der Waals surface area (Å²) < 4.78 is 11.0. The highest BCUT2D eigenvalue weighted by atomic mass is 33.1. The second-order valence-corrected chi connectivity index (χ2v) is 5.00. The van der Waals surface area contributed by atoms with Gasteiger partial charge in [-0.3, -0.25) is 0 Å². The van der Waals surface area contributed by atoms with E-state index in [1.54, 1.807) is 6.08 Å². The highest BCUT2D eigenvalue weighted by Crippen LogP contribution is 2.24. The third-order valence-electron chi connectivity index (χ3n) is 1.06. The molecule has 1 rings (SSSR count). The molecule has 0 aromatic heterocycles. The van der Waals surface area contributed by atoms with E-state index in [0.29, 0.717) is 0 Å². The lowest BCUT2D eigenvalue weighted by Gasteiger charge is -2.15. The number of hydrogen-bond acceptors (Lipinski definition) is 2. The molecule has 0 amide bonds. The van der Waals surface area contributed by atoms with Gasteiger partial charge in [-0.05, 0) is 12.2 Å². The number of rotatable bonds is 1. The highest BCUT2D eigenvalue weighted by Gasteiger charge is 2.19. The van der Waals surface area contributed by atoms with Gasteiger partial charge in [-0.1, -0.05) is 12.7 Å². The first-order valence-electron chi connectivity index (χ1n) is 2.67. The zero-order valence-corrected chi connectivity index (χ0v) is 6.58. The molecule has 3 heteroatoms. The Morgan fingerprint density at radius 2 is 2.67 bits per heavy atom. The fourth-order valence-corrected chi connectivity index (χ4v) is 3.01. The lowest BCUT2D eigenvalue weighted by molar-refractivity contribution is 0.607. The van der Waals surface area contributed by atoms with E-state index in [-0.39, 0.29) is 5.25 Å². The van der Waals surface area contributed by atoms with Crippen LogP contribution in [0.25, 0.3) is 0 Å². The Labute approximate surface area is 61.8 Å². The lowest BCUT2D eigenvalue weighted by Crippen LogP contribution is -2.15. The fourth-order valence-electron chi connectivity index (χ4n) is 0.596. The van der Waals surface area contributed by atoms with Crippen molar-refractivity contribution in [2.45, 2.75) is 5.25 Å². The fraction of sp³-hybridized carbons (Fsp3) is 0.333. The van der Waals surface area contributed by atoms with E-state index in [0.717, 1.165) is 5.75 Å². The molecule has 0 aromatic carbocycles. The van der Waals surface area contributed by atoms with E-state index in [1.165, 1.54) is 10.8 Å². The van der Waals surface area contributed by atoms with Gasteiger partial charge in [0.15, 0.2) is 5.25 Å². The minimum atomic E-state index is -0.766. The third kappa shape index (κ3) is 1.78. The Morgan fingerprint density at radius 1 is 1.89 bits per heavy atom. The number of hydrogen-bond donors (Lipinski definition) is 0. The van der Waals surface area contributed by atoms with Crippen molar-refractivity contribution in [3.05, 3.63) is 24.8 Å². The molecule has 1 aliphatic heterocycles. The van der Waals surface area contributed by atoms with Crippen molar-refractivity contribution < 1.29 is 4.55 Å². The molecule has 0 fully saturated rings. The summed E-state index contributed by atoms with van der Waals surface area (Å²) in [5.74, 6) is 0.872. The highest BCUT2D eigenvalue weighted by molar-refractivity contribution is 8.72. The average Bonchev–Trinajstić information content (AvgIpc) is 1.89. The summed E-state index contributed by atoms with van der Waals surface area (Å²) in [6.45, 7) is 3.58. The molecule has 1 nitrogen and oxygen atoms in total. The van der Waals surface area contributed by atoms with Crippen molar-refractivity contribution in [3.8, 4) is 0 Å². The smallest absolute Gasteiger partial charge is 0.164 e. The van der Waals surface area contributed by atoms with Crippen LogP contribution in [0.4, 0.5) is 0 Å². The van der Waals surface area contributed by atoms with Crippen molar-refractivity contribution in [2.24, 2.45) is 0 Å². The van der Waals surface area contributed by atoms with Crippen molar-refractivity contribution in [2.75, 3.05) is 5.75 Å². The van der Waals surface area contributed by atoms with Gasteiger partial charge >= 0.3 is 0 Å². The summed E-state index contributed by atoms with van der Waals surface area (Å²) in [7, 11) is 0.699. The molecule has 0 aliphatic carbocycles. The topological polar surface area (TPSA) is 23.1 Å². The molecule has 0 saturated heterocycles. The molecule has 1 aliphatic rings. The van der Waals surface area contributed by atoms with Gasteiger partial charge in [-0.15, -0.1) is 0 Å². The second kappa shape index (κ2) is 3.34. The van der Waals surface area contributed by atoms with Gasteiger partial charge in [0.25, 0.3) is 0 Å². The summed E-state index contributed by atoms with van der Waals surface area (Å²) >= 11 is 0. The van der Waals surface area contributed by atoms with Crippen LogP contribution in [0.5, 0.6) is 0 Å². The van der Waals surface area contributed by atoms with Gasteiger partial charge < -0.3 is 4.55 Å². The normalized spacial score (nSPS) is 34.3. The maximum atomic E-state index is 11.0. The quantitative estimate of drug-likeness (QED) is 0.330. The summed E-state index contributed by atoms with van der Waals surface area (Å²) in [5.41, 5.74) is 0. The van der Waals surface area contributed by atoms with E-state index < -0.39 is 10.2 Å². The van der Waals surface area contributed by atoms with Gasteiger partial charge in [0.2, 0.25) is 0 Å². The first kappa shape index (κ1) is 7.25. The maximum Gasteiger partial charge on any atom is 0.164 e. The van der Waals surface area contributed by atoms with Gasteiger partial charge in [0, 0.05) is 10.2 Å². The first-order chi connectivity index (χ1) is 4.34. The third-order valence-corrected chi connectivity index (χ3v) is 4.19. The van der Waals surface area contributed by atoms with Crippen molar-refractivity contribution in [1.82, 2.24) is 0 Å². The average molecular weight is 160 g/mol. The zero-order chi connectivity index (χ0) is 6.69. The van der Waals surface area contributed by atoms with E-state index in [2.05, 4.69) is 6.58 Å². The molecule has 2 atom stereocenters. The van der Waals surface area contributed by atoms with Crippen molar-refractivity contribution >= 4 is 21.0 Å². The van der Waals surface area contributed by atoms with Crippen LogP contribution in [0.1, 0.15) is 0 Å². The molecule has 2 unspecified atom stereocenters. The molecule has 0 saturated carbocycles. The Balaban J connectivity index is 2.56. The predicted molar refractivity (Wildman–Crippen MR) is 43.7 cm³/mol. The van der Waals surface area contributed by atoms with E-state index in [4.69, 9.17) is 0 Å². The van der Waals surface area contributed by atoms with Crippen LogP contribution in [0.3, 0.4) is 0 Å². The van der Waals surface area contributed by atoms with Crippen LogP contribution in [0.2, 0.25) is 0 Å². The largest absolute Gasteiger partial charge is 0.604 e. The first-order valence-corrected chi connectivity index (χ1v) is 5.39. The van der Waals surface area contributed by atoms with Gasteiger partial charge in [-0.25, -0.2) is 0 Å². The van der Waals surface area contributed by atoms with Crippen LogP contribution in [-0.4, -0.2) is 15.6 Å². The molecule has 9 heavy (non-hydrogen) atoms. The molecule has 0 bridgehead atoms. The molecule has 50 valence electrons. The Hall–Kier alpha value is 0.140. The van der Waals surface area contributed by atoms with Crippen LogP contribution < -0.4 is 0 Å². The van der Waals surface area contributed by atoms with Crippen LogP contribution in [0, 0.1) is 0 Å². The summed E-state index contributed by atoms with van der Waals surface area (Å²) in [6.07, 6.45) is 5.69. The van der Waals surface area contributed by atoms with Crippen LogP contribution in [-0.2, 0) is 10.2 Å². The molecule has 0 radical (unpaired) electrons. The minimum absolute atomic E-state index is 0.0729. The molecule has 0 aromatic rings. The summed E-state index contributed by atoms with van der Waals surface area (Å²) in [6, 6.07) is 0.